The van der Waals surface area contributed by atoms with Gasteiger partial charge in [0.2, 0.25) is 0 Å². The highest BCUT2D eigenvalue weighted by molar-refractivity contribution is 5.14. The van der Waals surface area contributed by atoms with Gasteiger partial charge in [-0.3, -0.25) is 4.90 Å². The van der Waals surface area contributed by atoms with Crippen LogP contribution < -0.4 is 5.32 Å². The van der Waals surface area contributed by atoms with Gasteiger partial charge in [0.1, 0.15) is 0 Å². The number of likely N-dealkylation sites (tertiary alicyclic amines) is 1. The third kappa shape index (κ3) is 3.83. The molecule has 1 aromatic rings. The van der Waals surface area contributed by atoms with Gasteiger partial charge in [-0.15, -0.1) is 0 Å². The molecule has 2 nitrogen and oxygen atoms in total. The molecule has 0 spiro atoms. The average molecular weight is 232 g/mol. The largest absolute Gasteiger partial charge is 0.310 e. The summed E-state index contributed by atoms with van der Waals surface area (Å²) in [5.74, 6) is 0. The van der Waals surface area contributed by atoms with Gasteiger partial charge in [-0.1, -0.05) is 37.3 Å². The quantitative estimate of drug-likeness (QED) is 0.839. The van der Waals surface area contributed by atoms with Crippen LogP contribution in [0.4, 0.5) is 0 Å². The van der Waals surface area contributed by atoms with Crippen molar-refractivity contribution < 1.29 is 0 Å². The van der Waals surface area contributed by atoms with Crippen LogP contribution in [0.1, 0.15) is 32.3 Å². The van der Waals surface area contributed by atoms with Gasteiger partial charge in [-0.05, 0) is 25.3 Å². The Labute approximate surface area is 105 Å². The Balaban J connectivity index is 1.78. The van der Waals surface area contributed by atoms with E-state index in [4.69, 9.17) is 0 Å². The third-order valence-electron chi connectivity index (χ3n) is 3.65. The average Bonchev–Trinajstić information content (AvgIpc) is 2.77. The Hall–Kier alpha value is -0.860. The summed E-state index contributed by atoms with van der Waals surface area (Å²) in [5.41, 5.74) is 1.43. The fraction of sp³-hybridized carbons (Fsp3) is 0.600. The molecule has 17 heavy (non-hydrogen) atoms. The van der Waals surface area contributed by atoms with Crippen molar-refractivity contribution in [2.24, 2.45) is 0 Å². The van der Waals surface area contributed by atoms with Gasteiger partial charge in [0, 0.05) is 31.7 Å². The molecule has 0 aliphatic carbocycles. The van der Waals surface area contributed by atoms with Crippen LogP contribution in [0.25, 0.3) is 0 Å². The molecule has 0 saturated carbocycles. The summed E-state index contributed by atoms with van der Waals surface area (Å²) < 4.78 is 0. The lowest BCUT2D eigenvalue weighted by Crippen LogP contribution is -2.38. The molecule has 94 valence electrons. The molecule has 1 aromatic carbocycles. The van der Waals surface area contributed by atoms with Crippen molar-refractivity contribution >= 4 is 0 Å². The summed E-state index contributed by atoms with van der Waals surface area (Å²) in [7, 11) is 0. The molecular formula is C15H24N2. The number of hydrogen-bond acceptors (Lipinski definition) is 2. The van der Waals surface area contributed by atoms with E-state index in [-0.39, 0.29) is 0 Å². The summed E-state index contributed by atoms with van der Waals surface area (Å²) in [6.45, 7) is 8.04. The Morgan fingerprint density at radius 3 is 2.82 bits per heavy atom. The van der Waals surface area contributed by atoms with Gasteiger partial charge in [0.05, 0.1) is 0 Å². The first-order chi connectivity index (χ1) is 8.28. The normalized spacial score (nSPS) is 22.8. The first kappa shape index (κ1) is 12.6. The maximum absolute atomic E-state index is 3.70. The first-order valence-corrected chi connectivity index (χ1v) is 6.80. The summed E-state index contributed by atoms with van der Waals surface area (Å²) in [4.78, 5) is 2.55. The molecule has 2 rings (SSSR count). The molecule has 1 saturated heterocycles. The van der Waals surface area contributed by atoms with Gasteiger partial charge in [-0.2, -0.15) is 0 Å². The van der Waals surface area contributed by atoms with Crippen molar-refractivity contribution in [3.63, 3.8) is 0 Å². The second-order valence-corrected chi connectivity index (χ2v) is 5.18. The van der Waals surface area contributed by atoms with E-state index in [1.807, 2.05) is 0 Å². The van der Waals surface area contributed by atoms with Crippen LogP contribution in [-0.4, -0.2) is 30.1 Å². The minimum absolute atomic E-state index is 0.650. The Morgan fingerprint density at radius 1 is 1.35 bits per heavy atom. The lowest BCUT2D eigenvalue weighted by atomic mass is 10.2. The number of rotatable bonds is 5. The van der Waals surface area contributed by atoms with Gasteiger partial charge in [-0.25, -0.2) is 0 Å². The molecule has 1 N–H and O–H groups in total. The lowest BCUT2D eigenvalue weighted by Gasteiger charge is -2.19. The highest BCUT2D eigenvalue weighted by Gasteiger charge is 2.22. The number of benzene rings is 1. The second kappa shape index (κ2) is 6.18. The fourth-order valence-corrected chi connectivity index (χ4v) is 2.47. The Morgan fingerprint density at radius 2 is 2.12 bits per heavy atom. The Kier molecular flexibility index (Phi) is 4.57. The predicted molar refractivity (Wildman–Crippen MR) is 73.0 cm³/mol. The van der Waals surface area contributed by atoms with Crippen LogP contribution in [0.15, 0.2) is 30.3 Å². The molecular weight excluding hydrogens is 208 g/mol. The zero-order chi connectivity index (χ0) is 12.1. The molecule has 0 bridgehead atoms. The van der Waals surface area contributed by atoms with Crippen LogP contribution in [-0.2, 0) is 6.54 Å². The minimum atomic E-state index is 0.650. The van der Waals surface area contributed by atoms with Crippen molar-refractivity contribution in [2.45, 2.75) is 45.3 Å². The smallest absolute Gasteiger partial charge is 0.0234 e. The van der Waals surface area contributed by atoms with E-state index in [2.05, 4.69) is 54.4 Å². The maximum atomic E-state index is 3.70. The topological polar surface area (TPSA) is 15.3 Å². The van der Waals surface area contributed by atoms with E-state index < -0.39 is 0 Å². The first-order valence-electron chi connectivity index (χ1n) is 6.80. The molecule has 2 heteroatoms. The van der Waals surface area contributed by atoms with E-state index in [0.717, 1.165) is 6.54 Å². The number of nitrogens with zero attached hydrogens (tertiary/aromatic N) is 1. The zero-order valence-electron chi connectivity index (χ0n) is 11.0. The van der Waals surface area contributed by atoms with E-state index in [1.54, 1.807) is 0 Å². The predicted octanol–water partition coefficient (Wildman–Crippen LogP) is 2.65. The van der Waals surface area contributed by atoms with E-state index >= 15 is 0 Å². The van der Waals surface area contributed by atoms with Gasteiger partial charge in [0.15, 0.2) is 0 Å². The van der Waals surface area contributed by atoms with Crippen molar-refractivity contribution in [3.05, 3.63) is 35.9 Å². The highest BCUT2D eigenvalue weighted by atomic mass is 15.2. The molecule has 0 amide bonds. The van der Waals surface area contributed by atoms with Crippen molar-refractivity contribution in [2.75, 3.05) is 13.1 Å². The molecule has 1 aliphatic rings. The van der Waals surface area contributed by atoms with E-state index in [9.17, 15) is 0 Å². The highest BCUT2D eigenvalue weighted by Crippen LogP contribution is 2.14. The van der Waals surface area contributed by atoms with Crippen LogP contribution in [0.2, 0.25) is 0 Å². The summed E-state index contributed by atoms with van der Waals surface area (Å²) in [6.07, 6.45) is 2.51. The molecule has 2 unspecified atom stereocenters. The van der Waals surface area contributed by atoms with Gasteiger partial charge >= 0.3 is 0 Å². The monoisotopic (exact) mass is 232 g/mol. The molecule has 0 radical (unpaired) electrons. The fourth-order valence-electron chi connectivity index (χ4n) is 2.47. The standard InChI is InChI=1S/C15H24N2/c1-3-13(2)16-15-9-10-17(12-15)11-14-7-5-4-6-8-14/h4-8,13,15-16H,3,9-12H2,1-2H3. The van der Waals surface area contributed by atoms with Crippen LogP contribution in [0.3, 0.4) is 0 Å². The molecule has 2 atom stereocenters. The van der Waals surface area contributed by atoms with Crippen molar-refractivity contribution in [1.82, 2.24) is 10.2 Å². The van der Waals surface area contributed by atoms with Crippen LogP contribution in [0.5, 0.6) is 0 Å². The van der Waals surface area contributed by atoms with Crippen molar-refractivity contribution in [3.8, 4) is 0 Å². The van der Waals surface area contributed by atoms with Crippen LogP contribution in [0, 0.1) is 0 Å². The van der Waals surface area contributed by atoms with Crippen LogP contribution >= 0.6 is 0 Å². The minimum Gasteiger partial charge on any atom is -0.310 e. The van der Waals surface area contributed by atoms with E-state index in [0.29, 0.717) is 12.1 Å². The second-order valence-electron chi connectivity index (χ2n) is 5.18. The number of hydrogen-bond donors (Lipinski definition) is 1. The molecule has 0 aromatic heterocycles. The lowest BCUT2D eigenvalue weighted by molar-refractivity contribution is 0.315. The summed E-state index contributed by atoms with van der Waals surface area (Å²) in [6, 6.07) is 12.1. The SMILES string of the molecule is CCC(C)NC1CCN(Cc2ccccc2)C1. The molecule has 1 aliphatic heterocycles. The number of nitrogens with one attached hydrogen (secondary N) is 1. The van der Waals surface area contributed by atoms with Gasteiger partial charge < -0.3 is 5.32 Å². The summed E-state index contributed by atoms with van der Waals surface area (Å²) >= 11 is 0. The maximum Gasteiger partial charge on any atom is 0.0234 e. The Bertz CT molecular complexity index is 323. The third-order valence-corrected chi connectivity index (χ3v) is 3.65. The summed E-state index contributed by atoms with van der Waals surface area (Å²) in [5, 5.41) is 3.70. The molecule has 1 fully saturated rings. The molecule has 1 heterocycles. The van der Waals surface area contributed by atoms with E-state index in [1.165, 1.54) is 31.5 Å². The van der Waals surface area contributed by atoms with Crippen molar-refractivity contribution in [1.29, 1.82) is 0 Å². The zero-order valence-corrected chi connectivity index (χ0v) is 11.0. The van der Waals surface area contributed by atoms with Gasteiger partial charge in [0.25, 0.3) is 0 Å².